The number of hydrogen-bond donors (Lipinski definition) is 2. The summed E-state index contributed by atoms with van der Waals surface area (Å²) < 4.78 is 0. The lowest BCUT2D eigenvalue weighted by molar-refractivity contribution is -0.133. The minimum absolute atomic E-state index is 0.0729. The standard InChI is InChI=1S/C11H19NO2/c13-8-11(5-1-2-6-11)9-4-3-7-12-10(9)14/h9,13H,1-8H2,(H,12,14). The summed E-state index contributed by atoms with van der Waals surface area (Å²) in [5.41, 5.74) is -0.0789. The zero-order valence-electron chi connectivity index (χ0n) is 8.59. The summed E-state index contributed by atoms with van der Waals surface area (Å²) in [5, 5.41) is 12.4. The highest BCUT2D eigenvalue weighted by atomic mass is 16.3. The van der Waals surface area contributed by atoms with Gasteiger partial charge in [-0.1, -0.05) is 12.8 Å². The largest absolute Gasteiger partial charge is 0.396 e. The van der Waals surface area contributed by atoms with Crippen molar-refractivity contribution in [2.75, 3.05) is 13.2 Å². The van der Waals surface area contributed by atoms with Gasteiger partial charge in [-0.2, -0.15) is 0 Å². The van der Waals surface area contributed by atoms with Crippen molar-refractivity contribution in [3.05, 3.63) is 0 Å². The van der Waals surface area contributed by atoms with Crippen LogP contribution in [0.3, 0.4) is 0 Å². The second-order valence-corrected chi connectivity index (χ2v) is 4.71. The predicted molar refractivity (Wildman–Crippen MR) is 53.7 cm³/mol. The van der Waals surface area contributed by atoms with Crippen LogP contribution in [0.25, 0.3) is 0 Å². The van der Waals surface area contributed by atoms with Crippen LogP contribution in [0.5, 0.6) is 0 Å². The Hall–Kier alpha value is -0.570. The van der Waals surface area contributed by atoms with Crippen LogP contribution in [0.4, 0.5) is 0 Å². The van der Waals surface area contributed by atoms with E-state index in [1.165, 1.54) is 12.8 Å². The average Bonchev–Trinajstić information content (AvgIpc) is 2.68. The molecule has 2 fully saturated rings. The molecule has 1 aliphatic carbocycles. The van der Waals surface area contributed by atoms with Crippen LogP contribution in [0.1, 0.15) is 38.5 Å². The highest BCUT2D eigenvalue weighted by Gasteiger charge is 2.44. The third-order valence-electron chi connectivity index (χ3n) is 3.94. The molecule has 0 spiro atoms. The summed E-state index contributed by atoms with van der Waals surface area (Å²) in [6.45, 7) is 1.00. The highest BCUT2D eigenvalue weighted by Crippen LogP contribution is 2.46. The van der Waals surface area contributed by atoms with Gasteiger partial charge in [0.25, 0.3) is 0 Å². The number of hydrogen-bond acceptors (Lipinski definition) is 2. The van der Waals surface area contributed by atoms with E-state index < -0.39 is 0 Å². The minimum atomic E-state index is -0.0789. The van der Waals surface area contributed by atoms with Crippen LogP contribution in [0.15, 0.2) is 0 Å². The van der Waals surface area contributed by atoms with Crippen molar-refractivity contribution >= 4 is 5.91 Å². The van der Waals surface area contributed by atoms with Gasteiger partial charge in [0.15, 0.2) is 0 Å². The number of aliphatic hydroxyl groups excluding tert-OH is 1. The molecule has 80 valence electrons. The van der Waals surface area contributed by atoms with Crippen LogP contribution in [-0.4, -0.2) is 24.2 Å². The maximum absolute atomic E-state index is 11.7. The van der Waals surface area contributed by atoms with E-state index in [1.807, 2.05) is 0 Å². The lowest BCUT2D eigenvalue weighted by Gasteiger charge is -2.37. The van der Waals surface area contributed by atoms with Crippen molar-refractivity contribution < 1.29 is 9.90 Å². The maximum Gasteiger partial charge on any atom is 0.223 e. The first-order valence-electron chi connectivity index (χ1n) is 5.67. The molecule has 1 heterocycles. The molecule has 2 N–H and O–H groups in total. The van der Waals surface area contributed by atoms with Crippen LogP contribution < -0.4 is 5.32 Å². The zero-order chi connectivity index (χ0) is 10.0. The lowest BCUT2D eigenvalue weighted by Crippen LogP contribution is -2.46. The molecule has 3 heteroatoms. The van der Waals surface area contributed by atoms with E-state index in [0.29, 0.717) is 0 Å². The average molecular weight is 197 g/mol. The Bertz CT molecular complexity index is 221. The van der Waals surface area contributed by atoms with E-state index >= 15 is 0 Å². The number of piperidine rings is 1. The summed E-state index contributed by atoms with van der Waals surface area (Å²) in [6, 6.07) is 0. The number of carbonyl (C=O) groups excluding carboxylic acids is 1. The van der Waals surface area contributed by atoms with Gasteiger partial charge in [-0.15, -0.1) is 0 Å². The van der Waals surface area contributed by atoms with Crippen molar-refractivity contribution in [1.82, 2.24) is 5.32 Å². The van der Waals surface area contributed by atoms with Gasteiger partial charge in [-0.05, 0) is 25.7 Å². The predicted octanol–water partition coefficient (Wildman–Crippen LogP) is 1.07. The molecule has 1 unspecified atom stereocenters. The lowest BCUT2D eigenvalue weighted by atomic mass is 9.71. The first kappa shape index (κ1) is 9.97. The molecule has 1 aliphatic heterocycles. The summed E-state index contributed by atoms with van der Waals surface area (Å²) in [6.07, 6.45) is 6.43. The van der Waals surface area contributed by atoms with Crippen molar-refractivity contribution in [3.8, 4) is 0 Å². The monoisotopic (exact) mass is 197 g/mol. The number of nitrogens with one attached hydrogen (secondary N) is 1. The van der Waals surface area contributed by atoms with Gasteiger partial charge in [0.05, 0.1) is 0 Å². The van der Waals surface area contributed by atoms with Crippen molar-refractivity contribution in [2.24, 2.45) is 11.3 Å². The molecule has 1 atom stereocenters. The molecule has 0 bridgehead atoms. The van der Waals surface area contributed by atoms with Crippen LogP contribution in [0, 0.1) is 11.3 Å². The summed E-state index contributed by atoms with van der Waals surface area (Å²) in [4.78, 5) is 11.7. The molecule has 0 radical (unpaired) electrons. The van der Waals surface area contributed by atoms with Gasteiger partial charge in [0.2, 0.25) is 5.91 Å². The smallest absolute Gasteiger partial charge is 0.223 e. The van der Waals surface area contributed by atoms with Crippen LogP contribution in [0.2, 0.25) is 0 Å². The Kier molecular flexibility index (Phi) is 2.77. The Morgan fingerprint density at radius 1 is 1.36 bits per heavy atom. The van der Waals surface area contributed by atoms with E-state index in [9.17, 15) is 9.90 Å². The molecule has 2 aliphatic rings. The quantitative estimate of drug-likeness (QED) is 0.695. The molecule has 2 rings (SSSR count). The van der Waals surface area contributed by atoms with Crippen LogP contribution >= 0.6 is 0 Å². The summed E-state index contributed by atoms with van der Waals surface area (Å²) >= 11 is 0. The van der Waals surface area contributed by atoms with Gasteiger partial charge in [-0.3, -0.25) is 4.79 Å². The normalized spacial score (nSPS) is 31.5. The van der Waals surface area contributed by atoms with Crippen molar-refractivity contribution in [2.45, 2.75) is 38.5 Å². The van der Waals surface area contributed by atoms with E-state index in [2.05, 4.69) is 5.32 Å². The topological polar surface area (TPSA) is 49.3 Å². The fraction of sp³-hybridized carbons (Fsp3) is 0.909. The zero-order valence-corrected chi connectivity index (χ0v) is 8.59. The number of aliphatic hydroxyl groups is 1. The highest BCUT2D eigenvalue weighted by molar-refractivity contribution is 5.80. The Labute approximate surface area is 84.9 Å². The molecule has 1 saturated heterocycles. The first-order valence-corrected chi connectivity index (χ1v) is 5.67. The molecule has 14 heavy (non-hydrogen) atoms. The molecule has 1 amide bonds. The first-order chi connectivity index (χ1) is 6.78. The van der Waals surface area contributed by atoms with E-state index in [1.54, 1.807) is 0 Å². The fourth-order valence-corrected chi connectivity index (χ4v) is 3.05. The molecule has 1 saturated carbocycles. The summed E-state index contributed by atoms with van der Waals surface area (Å²) in [5.74, 6) is 0.246. The third kappa shape index (κ3) is 1.54. The van der Waals surface area contributed by atoms with E-state index in [-0.39, 0.29) is 23.8 Å². The Morgan fingerprint density at radius 3 is 2.64 bits per heavy atom. The van der Waals surface area contributed by atoms with Crippen molar-refractivity contribution in [1.29, 1.82) is 0 Å². The van der Waals surface area contributed by atoms with Gasteiger partial charge in [0.1, 0.15) is 0 Å². The molecular formula is C11H19NO2. The third-order valence-corrected chi connectivity index (χ3v) is 3.94. The second-order valence-electron chi connectivity index (χ2n) is 4.71. The van der Waals surface area contributed by atoms with Gasteiger partial charge in [-0.25, -0.2) is 0 Å². The van der Waals surface area contributed by atoms with Crippen LogP contribution in [-0.2, 0) is 4.79 Å². The van der Waals surface area contributed by atoms with Gasteiger partial charge < -0.3 is 10.4 Å². The van der Waals surface area contributed by atoms with E-state index in [0.717, 1.165) is 32.2 Å². The van der Waals surface area contributed by atoms with E-state index in [4.69, 9.17) is 0 Å². The van der Waals surface area contributed by atoms with Gasteiger partial charge >= 0.3 is 0 Å². The maximum atomic E-state index is 11.7. The Balaban J connectivity index is 2.13. The number of rotatable bonds is 2. The molecule has 0 aromatic rings. The molecule has 0 aromatic carbocycles. The minimum Gasteiger partial charge on any atom is -0.396 e. The summed E-state index contributed by atoms with van der Waals surface area (Å²) in [7, 11) is 0. The fourth-order valence-electron chi connectivity index (χ4n) is 3.05. The van der Waals surface area contributed by atoms with Crippen molar-refractivity contribution in [3.63, 3.8) is 0 Å². The second kappa shape index (κ2) is 3.89. The Morgan fingerprint density at radius 2 is 2.07 bits per heavy atom. The number of amides is 1. The molecular weight excluding hydrogens is 178 g/mol. The van der Waals surface area contributed by atoms with Gasteiger partial charge in [0, 0.05) is 24.5 Å². The molecule has 0 aromatic heterocycles. The molecule has 3 nitrogen and oxygen atoms in total. The SMILES string of the molecule is O=C1NCCCC1C1(CO)CCCC1. The number of carbonyl (C=O) groups is 1.